The van der Waals surface area contributed by atoms with E-state index in [0.717, 1.165) is 28.2 Å². The summed E-state index contributed by atoms with van der Waals surface area (Å²) in [7, 11) is 0. The molecular weight excluding hydrogens is 340 g/mol. The smallest absolute Gasteiger partial charge is 0.263 e. The number of aromatic nitrogens is 6. The van der Waals surface area contributed by atoms with Gasteiger partial charge in [-0.05, 0) is 37.6 Å². The summed E-state index contributed by atoms with van der Waals surface area (Å²) in [4.78, 5) is 17.4. The number of imidazole rings is 2. The highest BCUT2D eigenvalue weighted by atomic mass is 16.5. The monoisotopic (exact) mass is 356 g/mol. The Morgan fingerprint density at radius 1 is 0.889 bits per heavy atom. The number of hydrogen-bond donors (Lipinski definition) is 0. The molecule has 1 aromatic carbocycles. The Kier molecular flexibility index (Phi) is 3.39. The quantitative estimate of drug-likeness (QED) is 0.491. The molecule has 0 saturated carbocycles. The van der Waals surface area contributed by atoms with E-state index in [-0.39, 0.29) is 0 Å². The Balaban J connectivity index is 1.57. The van der Waals surface area contributed by atoms with E-state index in [2.05, 4.69) is 31.3 Å². The molecule has 0 aliphatic carbocycles. The van der Waals surface area contributed by atoms with Crippen LogP contribution in [0.4, 0.5) is 0 Å². The van der Waals surface area contributed by atoms with Gasteiger partial charge in [-0.1, -0.05) is 0 Å². The van der Waals surface area contributed by atoms with E-state index >= 15 is 0 Å². The molecule has 7 nitrogen and oxygen atoms in total. The number of hydrogen-bond acceptors (Lipinski definition) is 5. The number of aryl methyl sites for hydroxylation is 2. The highest BCUT2D eigenvalue weighted by molar-refractivity contribution is 5.69. The minimum atomic E-state index is 0.476. The van der Waals surface area contributed by atoms with E-state index in [4.69, 9.17) is 4.74 Å². The second kappa shape index (κ2) is 5.91. The Morgan fingerprint density at radius 3 is 2.56 bits per heavy atom. The second-order valence-electron chi connectivity index (χ2n) is 6.32. The van der Waals surface area contributed by atoms with E-state index < -0.39 is 0 Å². The summed E-state index contributed by atoms with van der Waals surface area (Å²) >= 11 is 0. The maximum atomic E-state index is 6.00. The van der Waals surface area contributed by atoms with Gasteiger partial charge in [0.05, 0.1) is 17.6 Å². The van der Waals surface area contributed by atoms with Crippen molar-refractivity contribution in [2.75, 3.05) is 0 Å². The Bertz CT molecular complexity index is 1290. The van der Waals surface area contributed by atoms with Gasteiger partial charge in [0.2, 0.25) is 5.65 Å². The molecule has 0 aliphatic rings. The number of rotatable bonds is 3. The number of fused-ring (bicyclic) bond motifs is 2. The SMILES string of the molecule is Cc1cc(Oc2nccn3ccnc23)ccc1-c1c(C)ncc2nccn12. The van der Waals surface area contributed by atoms with Crippen molar-refractivity contribution < 1.29 is 4.74 Å². The van der Waals surface area contributed by atoms with Gasteiger partial charge in [0, 0.05) is 42.7 Å². The molecule has 5 aromatic rings. The molecule has 27 heavy (non-hydrogen) atoms. The Labute approximate surface area is 155 Å². The van der Waals surface area contributed by atoms with E-state index in [1.165, 1.54) is 0 Å². The summed E-state index contributed by atoms with van der Waals surface area (Å²) in [6.07, 6.45) is 12.6. The van der Waals surface area contributed by atoms with Gasteiger partial charge in [-0.15, -0.1) is 0 Å². The first-order valence-electron chi connectivity index (χ1n) is 8.56. The predicted octanol–water partition coefficient (Wildman–Crippen LogP) is 3.85. The molecule has 4 aromatic heterocycles. The van der Waals surface area contributed by atoms with Crippen molar-refractivity contribution in [3.8, 4) is 22.9 Å². The van der Waals surface area contributed by atoms with Crippen LogP contribution in [0.25, 0.3) is 22.6 Å². The zero-order valence-electron chi connectivity index (χ0n) is 14.9. The molecule has 0 amide bonds. The van der Waals surface area contributed by atoms with Crippen LogP contribution in [-0.2, 0) is 0 Å². The summed E-state index contributed by atoms with van der Waals surface area (Å²) in [6.45, 7) is 4.06. The lowest BCUT2D eigenvalue weighted by molar-refractivity contribution is 0.464. The molecular formula is C20H16N6O. The number of nitrogens with zero attached hydrogens (tertiary/aromatic N) is 6. The van der Waals surface area contributed by atoms with Crippen LogP contribution in [0.3, 0.4) is 0 Å². The van der Waals surface area contributed by atoms with Crippen molar-refractivity contribution in [1.29, 1.82) is 0 Å². The van der Waals surface area contributed by atoms with Crippen LogP contribution in [0.2, 0.25) is 0 Å². The first-order chi connectivity index (χ1) is 13.2. The molecule has 5 rings (SSSR count). The van der Waals surface area contributed by atoms with Crippen molar-refractivity contribution >= 4 is 11.3 Å². The molecule has 0 bridgehead atoms. The third-order valence-corrected chi connectivity index (χ3v) is 4.57. The molecule has 0 N–H and O–H groups in total. The van der Waals surface area contributed by atoms with Crippen LogP contribution in [0, 0.1) is 13.8 Å². The Morgan fingerprint density at radius 2 is 1.70 bits per heavy atom. The minimum absolute atomic E-state index is 0.476. The number of ether oxygens (including phenoxy) is 1. The third-order valence-electron chi connectivity index (χ3n) is 4.57. The lowest BCUT2D eigenvalue weighted by Gasteiger charge is -2.13. The van der Waals surface area contributed by atoms with Crippen molar-refractivity contribution in [3.63, 3.8) is 0 Å². The van der Waals surface area contributed by atoms with E-state index in [1.54, 1.807) is 24.8 Å². The number of benzene rings is 1. The van der Waals surface area contributed by atoms with Gasteiger partial charge in [0.1, 0.15) is 5.75 Å². The molecule has 0 fully saturated rings. The molecule has 7 heteroatoms. The summed E-state index contributed by atoms with van der Waals surface area (Å²) in [5.74, 6) is 1.19. The largest absolute Gasteiger partial charge is 0.436 e. The lowest BCUT2D eigenvalue weighted by Crippen LogP contribution is -1.99. The zero-order valence-corrected chi connectivity index (χ0v) is 14.9. The molecule has 0 saturated heterocycles. The standard InChI is InChI=1S/C20H16N6O/c1-13-11-15(27-20-19-22-5-8-25(19)9-6-23-20)3-4-16(13)18-14(2)24-12-17-21-7-10-26(17)18/h3-12H,1-2H3. The molecule has 0 radical (unpaired) electrons. The molecule has 0 aliphatic heterocycles. The fourth-order valence-electron chi connectivity index (χ4n) is 3.29. The van der Waals surface area contributed by atoms with Gasteiger partial charge >= 0.3 is 0 Å². The van der Waals surface area contributed by atoms with E-state index in [0.29, 0.717) is 17.3 Å². The van der Waals surface area contributed by atoms with Crippen molar-refractivity contribution in [2.24, 2.45) is 0 Å². The summed E-state index contributed by atoms with van der Waals surface area (Å²) < 4.78 is 9.92. The highest BCUT2D eigenvalue weighted by Crippen LogP contribution is 2.31. The van der Waals surface area contributed by atoms with E-state index in [9.17, 15) is 0 Å². The first kappa shape index (κ1) is 15.5. The minimum Gasteiger partial charge on any atom is -0.436 e. The summed E-state index contributed by atoms with van der Waals surface area (Å²) in [5, 5.41) is 0. The fourth-order valence-corrected chi connectivity index (χ4v) is 3.29. The van der Waals surface area contributed by atoms with Gasteiger partial charge in [-0.3, -0.25) is 9.38 Å². The fraction of sp³-hybridized carbons (Fsp3) is 0.100. The topological polar surface area (TPSA) is 69.6 Å². The summed E-state index contributed by atoms with van der Waals surface area (Å²) in [6, 6.07) is 5.98. The zero-order chi connectivity index (χ0) is 18.4. The first-order valence-corrected chi connectivity index (χ1v) is 8.56. The Hall–Kier alpha value is -3.74. The molecule has 0 spiro atoms. The van der Waals surface area contributed by atoms with Crippen LogP contribution in [0.5, 0.6) is 11.6 Å². The van der Waals surface area contributed by atoms with Crippen LogP contribution in [-0.4, -0.2) is 28.7 Å². The van der Waals surface area contributed by atoms with Crippen molar-refractivity contribution in [3.05, 3.63) is 72.8 Å². The summed E-state index contributed by atoms with van der Waals surface area (Å²) in [5.41, 5.74) is 5.65. The molecule has 0 unspecified atom stereocenters. The van der Waals surface area contributed by atoms with Gasteiger partial charge < -0.3 is 9.14 Å². The van der Waals surface area contributed by atoms with E-state index in [1.807, 2.05) is 48.1 Å². The van der Waals surface area contributed by atoms with Gasteiger partial charge in [0.15, 0.2) is 5.65 Å². The average Bonchev–Trinajstić information content (AvgIpc) is 3.32. The highest BCUT2D eigenvalue weighted by Gasteiger charge is 2.13. The van der Waals surface area contributed by atoms with Gasteiger partial charge in [-0.25, -0.2) is 15.0 Å². The molecule has 0 atom stereocenters. The second-order valence-corrected chi connectivity index (χ2v) is 6.32. The lowest BCUT2D eigenvalue weighted by atomic mass is 10.0. The van der Waals surface area contributed by atoms with Crippen LogP contribution in [0.1, 0.15) is 11.3 Å². The maximum absolute atomic E-state index is 6.00. The maximum Gasteiger partial charge on any atom is 0.263 e. The van der Waals surface area contributed by atoms with Gasteiger partial charge in [-0.2, -0.15) is 0 Å². The average molecular weight is 356 g/mol. The van der Waals surface area contributed by atoms with Crippen LogP contribution < -0.4 is 4.74 Å². The predicted molar refractivity (Wildman–Crippen MR) is 101 cm³/mol. The molecule has 4 heterocycles. The van der Waals surface area contributed by atoms with Crippen molar-refractivity contribution in [1.82, 2.24) is 28.7 Å². The normalized spacial score (nSPS) is 11.3. The molecule has 132 valence electrons. The van der Waals surface area contributed by atoms with Gasteiger partial charge in [0.25, 0.3) is 5.88 Å². The van der Waals surface area contributed by atoms with Crippen LogP contribution >= 0.6 is 0 Å². The van der Waals surface area contributed by atoms with Crippen LogP contribution in [0.15, 0.2) is 61.6 Å². The third kappa shape index (κ3) is 2.52. The van der Waals surface area contributed by atoms with Crippen molar-refractivity contribution in [2.45, 2.75) is 13.8 Å².